The monoisotopic (exact) mass is 676 g/mol. The third-order valence-corrected chi connectivity index (χ3v) is 12.4. The van der Waals surface area contributed by atoms with E-state index in [9.17, 15) is 29.7 Å². The van der Waals surface area contributed by atoms with Crippen molar-refractivity contribution in [2.24, 2.45) is 22.7 Å². The summed E-state index contributed by atoms with van der Waals surface area (Å²) in [6, 6.07) is 12.2. The molecule has 6 unspecified atom stereocenters. The molecule has 1 aliphatic heterocycles. The number of esters is 1. The first-order chi connectivity index (χ1) is 23.2. The van der Waals surface area contributed by atoms with Crippen LogP contribution in [0.1, 0.15) is 109 Å². The number of aliphatic hydroxyl groups is 1. The molecule has 2 aromatic rings. The van der Waals surface area contributed by atoms with Gasteiger partial charge in [0.15, 0.2) is 11.5 Å². The summed E-state index contributed by atoms with van der Waals surface area (Å²) in [5, 5.41) is 33.3. The fraction of sp³-hybridized carbons (Fsp3) is 0.625. The minimum absolute atomic E-state index is 0.104. The Labute approximate surface area is 291 Å². The fourth-order valence-corrected chi connectivity index (χ4v) is 8.57. The van der Waals surface area contributed by atoms with Crippen molar-refractivity contribution in [1.82, 2.24) is 10.2 Å². The maximum atomic E-state index is 14.6. The van der Waals surface area contributed by atoms with E-state index < -0.39 is 30.1 Å². The fourth-order valence-electron chi connectivity index (χ4n) is 8.57. The van der Waals surface area contributed by atoms with Gasteiger partial charge in [0.25, 0.3) is 0 Å². The molecule has 1 heterocycles. The zero-order chi connectivity index (χ0) is 35.5. The van der Waals surface area contributed by atoms with Crippen LogP contribution in [0.25, 0.3) is 0 Å². The Morgan fingerprint density at radius 3 is 2.27 bits per heavy atom. The minimum atomic E-state index is -1.48. The molecule has 9 nitrogen and oxygen atoms in total. The Bertz CT molecular complexity index is 1470. The SMILES string of the molecule is CC(CC1CCC(C)(C)C1(C)C)OC(=O)C1C(c2ccccc2)CCN1C(=O)C(NC(=O)C(O)Cc1ccc(O)c(O)c1)C1CCCCC1. The molecule has 0 aromatic heterocycles. The summed E-state index contributed by atoms with van der Waals surface area (Å²) in [7, 11) is 0. The summed E-state index contributed by atoms with van der Waals surface area (Å²) in [4.78, 5) is 43.9. The van der Waals surface area contributed by atoms with Crippen molar-refractivity contribution < 1.29 is 34.4 Å². The van der Waals surface area contributed by atoms with Crippen molar-refractivity contribution in [2.75, 3.05) is 6.54 Å². The van der Waals surface area contributed by atoms with Gasteiger partial charge in [-0.15, -0.1) is 0 Å². The molecule has 2 amide bonds. The molecule has 5 rings (SSSR count). The third-order valence-electron chi connectivity index (χ3n) is 12.4. The van der Waals surface area contributed by atoms with Gasteiger partial charge in [0.05, 0.1) is 6.10 Å². The minimum Gasteiger partial charge on any atom is -0.504 e. The first-order valence-corrected chi connectivity index (χ1v) is 18.2. The van der Waals surface area contributed by atoms with Crippen molar-refractivity contribution in [1.29, 1.82) is 0 Å². The molecule has 4 N–H and O–H groups in total. The molecule has 6 atom stereocenters. The Balaban J connectivity index is 1.36. The quantitative estimate of drug-likeness (QED) is 0.164. The average Bonchev–Trinajstić information content (AvgIpc) is 3.60. The smallest absolute Gasteiger partial charge is 0.329 e. The van der Waals surface area contributed by atoms with Crippen LogP contribution in [0.5, 0.6) is 11.5 Å². The van der Waals surface area contributed by atoms with Gasteiger partial charge < -0.3 is 30.3 Å². The van der Waals surface area contributed by atoms with Gasteiger partial charge in [-0.3, -0.25) is 9.59 Å². The van der Waals surface area contributed by atoms with Crippen LogP contribution in [0, 0.1) is 22.7 Å². The molecule has 0 spiro atoms. The second-order valence-corrected chi connectivity index (χ2v) is 16.0. The highest BCUT2D eigenvalue weighted by Crippen LogP contribution is 2.57. The van der Waals surface area contributed by atoms with Gasteiger partial charge in [0.2, 0.25) is 11.8 Å². The van der Waals surface area contributed by atoms with E-state index in [1.807, 2.05) is 37.3 Å². The molecular formula is C40H56N2O7. The van der Waals surface area contributed by atoms with E-state index in [1.165, 1.54) is 18.2 Å². The number of carbonyl (C=O) groups excluding carboxylic acids is 3. The lowest BCUT2D eigenvalue weighted by Crippen LogP contribution is -2.57. The first-order valence-electron chi connectivity index (χ1n) is 18.2. The standard InChI is InChI=1S/C40H56N2O7/c1-25(22-29-18-20-39(2,3)40(29,4)5)49-38(48)35-30(27-12-8-6-9-13-27)19-21-42(35)37(47)34(28-14-10-7-11-15-28)41-36(46)33(45)24-26-16-17-31(43)32(44)23-26/h6,8-9,12-13,16-17,23,25,28-30,33-35,43-45H,7,10-11,14-15,18-22,24H2,1-5H3,(H,41,46). The maximum Gasteiger partial charge on any atom is 0.329 e. The molecule has 0 bridgehead atoms. The molecule has 3 fully saturated rings. The van der Waals surface area contributed by atoms with E-state index in [4.69, 9.17) is 4.74 Å². The van der Waals surface area contributed by atoms with E-state index in [1.54, 1.807) is 4.90 Å². The molecule has 0 radical (unpaired) electrons. The number of aliphatic hydroxyl groups excluding tert-OH is 1. The first kappa shape index (κ1) is 36.7. The second-order valence-electron chi connectivity index (χ2n) is 16.0. The van der Waals surface area contributed by atoms with Crippen molar-refractivity contribution in [3.05, 3.63) is 59.7 Å². The van der Waals surface area contributed by atoms with Crippen LogP contribution < -0.4 is 5.32 Å². The van der Waals surface area contributed by atoms with E-state index in [2.05, 4.69) is 33.0 Å². The van der Waals surface area contributed by atoms with Crippen LogP contribution in [0.4, 0.5) is 0 Å². The Hall–Kier alpha value is -3.59. The molecule has 2 aliphatic carbocycles. The van der Waals surface area contributed by atoms with E-state index in [0.717, 1.165) is 56.9 Å². The van der Waals surface area contributed by atoms with Gasteiger partial charge >= 0.3 is 5.97 Å². The molecule has 49 heavy (non-hydrogen) atoms. The maximum absolute atomic E-state index is 14.6. The highest BCUT2D eigenvalue weighted by molar-refractivity contribution is 5.93. The van der Waals surface area contributed by atoms with Crippen LogP contribution in [0.2, 0.25) is 0 Å². The number of hydrogen-bond donors (Lipinski definition) is 4. The lowest BCUT2D eigenvalue weighted by Gasteiger charge is -2.40. The average molecular weight is 677 g/mol. The zero-order valence-corrected chi connectivity index (χ0v) is 29.9. The predicted molar refractivity (Wildman–Crippen MR) is 188 cm³/mol. The summed E-state index contributed by atoms with van der Waals surface area (Å²) in [6.07, 6.45) is 6.11. The molecule has 9 heteroatoms. The molecule has 2 saturated carbocycles. The number of carbonyl (C=O) groups is 3. The summed E-state index contributed by atoms with van der Waals surface area (Å²) >= 11 is 0. The molecular weight excluding hydrogens is 620 g/mol. The van der Waals surface area contributed by atoms with Gasteiger partial charge in [-0.2, -0.15) is 0 Å². The number of phenols is 2. The van der Waals surface area contributed by atoms with Crippen molar-refractivity contribution >= 4 is 17.8 Å². The van der Waals surface area contributed by atoms with Crippen LogP contribution >= 0.6 is 0 Å². The number of ether oxygens (including phenoxy) is 1. The zero-order valence-electron chi connectivity index (χ0n) is 29.9. The number of amides is 2. The van der Waals surface area contributed by atoms with Crippen molar-refractivity contribution in [3.63, 3.8) is 0 Å². The van der Waals surface area contributed by atoms with Gasteiger partial charge in [-0.1, -0.05) is 83.4 Å². The summed E-state index contributed by atoms with van der Waals surface area (Å²) < 4.78 is 6.22. The summed E-state index contributed by atoms with van der Waals surface area (Å²) in [6.45, 7) is 11.6. The van der Waals surface area contributed by atoms with Crippen molar-refractivity contribution in [3.8, 4) is 11.5 Å². The number of aromatic hydroxyl groups is 2. The lowest BCUT2D eigenvalue weighted by atomic mass is 9.66. The van der Waals surface area contributed by atoms with E-state index in [0.29, 0.717) is 24.4 Å². The molecule has 2 aromatic carbocycles. The Kier molecular flexibility index (Phi) is 11.3. The molecule has 268 valence electrons. The summed E-state index contributed by atoms with van der Waals surface area (Å²) in [5.41, 5.74) is 1.74. The number of hydrogen-bond acceptors (Lipinski definition) is 7. The number of nitrogens with one attached hydrogen (secondary N) is 1. The van der Waals surface area contributed by atoms with E-state index in [-0.39, 0.29) is 52.6 Å². The summed E-state index contributed by atoms with van der Waals surface area (Å²) in [5.74, 6) is -2.02. The van der Waals surface area contributed by atoms with Gasteiger partial charge in [0, 0.05) is 18.9 Å². The van der Waals surface area contributed by atoms with Crippen molar-refractivity contribution in [2.45, 2.75) is 129 Å². The van der Waals surface area contributed by atoms with Gasteiger partial charge in [0.1, 0.15) is 18.2 Å². The van der Waals surface area contributed by atoms with Gasteiger partial charge in [-0.25, -0.2) is 4.79 Å². The Morgan fingerprint density at radius 1 is 0.939 bits per heavy atom. The molecule has 1 saturated heterocycles. The Morgan fingerprint density at radius 2 is 1.63 bits per heavy atom. The van der Waals surface area contributed by atoms with E-state index >= 15 is 0 Å². The number of phenolic OH excluding ortho intramolecular Hbond substituents is 2. The second kappa shape index (κ2) is 15.1. The number of nitrogens with zero attached hydrogens (tertiary/aromatic N) is 1. The topological polar surface area (TPSA) is 136 Å². The van der Waals surface area contributed by atoms with Crippen LogP contribution in [-0.4, -0.2) is 68.8 Å². The number of benzene rings is 2. The number of rotatable bonds is 11. The van der Waals surface area contributed by atoms with Crippen LogP contribution in [0.15, 0.2) is 48.5 Å². The van der Waals surface area contributed by atoms with Gasteiger partial charge in [-0.05, 0) is 91.4 Å². The van der Waals surface area contributed by atoms with Crippen LogP contribution in [-0.2, 0) is 25.5 Å². The normalized spacial score (nSPS) is 25.3. The predicted octanol–water partition coefficient (Wildman–Crippen LogP) is 6.24. The van der Waals surface area contributed by atoms with Crippen LogP contribution in [0.3, 0.4) is 0 Å². The number of likely N-dealkylation sites (tertiary alicyclic amines) is 1. The highest BCUT2D eigenvalue weighted by atomic mass is 16.5. The third kappa shape index (κ3) is 8.08. The molecule has 3 aliphatic rings. The largest absolute Gasteiger partial charge is 0.504 e. The lowest BCUT2D eigenvalue weighted by molar-refractivity contribution is -0.160. The highest BCUT2D eigenvalue weighted by Gasteiger charge is 2.50.